The predicted molar refractivity (Wildman–Crippen MR) is 83.9 cm³/mol. The highest BCUT2D eigenvalue weighted by molar-refractivity contribution is 6.31. The average molecular weight is 337 g/mol. The van der Waals surface area contributed by atoms with Gasteiger partial charge >= 0.3 is 0 Å². The Hall–Kier alpha value is -2.12. The minimum absolute atomic E-state index is 0.199. The van der Waals surface area contributed by atoms with Crippen molar-refractivity contribution in [2.75, 3.05) is 33.4 Å². The van der Waals surface area contributed by atoms with Crippen LogP contribution in [0.3, 0.4) is 0 Å². The number of ether oxygens (including phenoxy) is 2. The highest BCUT2D eigenvalue weighted by Crippen LogP contribution is 2.22. The molecule has 1 aromatic carbocycles. The fourth-order valence-electron chi connectivity index (χ4n) is 2.45. The molecular formula is C15H17ClN4O3. The number of halogens is 1. The molecule has 1 amide bonds. The molecule has 122 valence electrons. The molecule has 0 radical (unpaired) electrons. The SMILES string of the molecule is COc1c(C(=O)N2CCOCC2)nnn1Cc1ccccc1Cl. The third-order valence-corrected chi connectivity index (χ3v) is 4.03. The Morgan fingerprint density at radius 2 is 2.09 bits per heavy atom. The van der Waals surface area contributed by atoms with E-state index in [1.54, 1.807) is 11.0 Å². The highest BCUT2D eigenvalue weighted by Gasteiger charge is 2.27. The summed E-state index contributed by atoms with van der Waals surface area (Å²) in [6.45, 7) is 2.52. The van der Waals surface area contributed by atoms with Crippen LogP contribution in [-0.2, 0) is 11.3 Å². The van der Waals surface area contributed by atoms with Crippen LogP contribution in [0.4, 0.5) is 0 Å². The Kier molecular flexibility index (Phi) is 4.78. The second-order valence-electron chi connectivity index (χ2n) is 5.10. The maximum absolute atomic E-state index is 12.6. The summed E-state index contributed by atoms with van der Waals surface area (Å²) in [5.74, 6) is 0.136. The summed E-state index contributed by atoms with van der Waals surface area (Å²) in [7, 11) is 1.50. The van der Waals surface area contributed by atoms with Crippen LogP contribution < -0.4 is 4.74 Å². The number of amides is 1. The van der Waals surface area contributed by atoms with Crippen molar-refractivity contribution < 1.29 is 14.3 Å². The van der Waals surface area contributed by atoms with Gasteiger partial charge in [0.05, 0.1) is 26.9 Å². The van der Waals surface area contributed by atoms with Crippen LogP contribution in [0.2, 0.25) is 5.02 Å². The molecule has 7 nitrogen and oxygen atoms in total. The summed E-state index contributed by atoms with van der Waals surface area (Å²) in [6, 6.07) is 7.45. The molecule has 0 N–H and O–H groups in total. The number of hydrogen-bond acceptors (Lipinski definition) is 5. The first-order valence-corrected chi connectivity index (χ1v) is 7.66. The van der Waals surface area contributed by atoms with Crippen molar-refractivity contribution >= 4 is 17.5 Å². The van der Waals surface area contributed by atoms with Gasteiger partial charge in [0, 0.05) is 18.1 Å². The Morgan fingerprint density at radius 1 is 1.35 bits per heavy atom. The van der Waals surface area contributed by atoms with Gasteiger partial charge in [-0.05, 0) is 11.6 Å². The third-order valence-electron chi connectivity index (χ3n) is 3.66. The Morgan fingerprint density at radius 3 is 2.78 bits per heavy atom. The van der Waals surface area contributed by atoms with E-state index < -0.39 is 0 Å². The lowest BCUT2D eigenvalue weighted by Gasteiger charge is -2.26. The first-order chi connectivity index (χ1) is 11.2. The molecule has 8 heteroatoms. The fraction of sp³-hybridized carbons (Fsp3) is 0.400. The Bertz CT molecular complexity index is 698. The average Bonchev–Trinajstić information content (AvgIpc) is 2.99. The lowest BCUT2D eigenvalue weighted by Crippen LogP contribution is -2.41. The van der Waals surface area contributed by atoms with Crippen LogP contribution in [0.25, 0.3) is 0 Å². The number of hydrogen-bond donors (Lipinski definition) is 0. The quantitative estimate of drug-likeness (QED) is 0.845. The number of morpholine rings is 1. The van der Waals surface area contributed by atoms with E-state index in [1.807, 2.05) is 18.2 Å². The van der Waals surface area contributed by atoms with Gasteiger partial charge in [-0.3, -0.25) is 4.79 Å². The molecule has 0 unspecified atom stereocenters. The molecule has 23 heavy (non-hydrogen) atoms. The van der Waals surface area contributed by atoms with Crippen molar-refractivity contribution in [1.29, 1.82) is 0 Å². The molecule has 0 bridgehead atoms. The van der Waals surface area contributed by atoms with Gasteiger partial charge in [0.2, 0.25) is 11.6 Å². The Balaban J connectivity index is 1.84. The molecule has 0 atom stereocenters. The number of benzene rings is 1. The predicted octanol–water partition coefficient (Wildman–Crippen LogP) is 1.46. The monoisotopic (exact) mass is 336 g/mol. The zero-order valence-corrected chi connectivity index (χ0v) is 13.5. The van der Waals surface area contributed by atoms with Gasteiger partial charge < -0.3 is 14.4 Å². The van der Waals surface area contributed by atoms with Gasteiger partial charge in [0.1, 0.15) is 0 Å². The van der Waals surface area contributed by atoms with Crippen LogP contribution in [0.5, 0.6) is 5.88 Å². The molecule has 2 aromatic rings. The molecule has 1 aliphatic rings. The van der Waals surface area contributed by atoms with Crippen LogP contribution in [0, 0.1) is 0 Å². The summed E-state index contributed by atoms with van der Waals surface area (Å²) in [5, 5.41) is 8.67. The Labute approximate surface area is 138 Å². The van der Waals surface area contributed by atoms with Gasteiger partial charge in [-0.2, -0.15) is 0 Å². The summed E-state index contributed by atoms with van der Waals surface area (Å²) in [6.07, 6.45) is 0. The maximum atomic E-state index is 12.6. The molecule has 0 saturated carbocycles. The number of rotatable bonds is 4. The zero-order chi connectivity index (χ0) is 16.2. The molecule has 0 aliphatic carbocycles. The van der Waals surface area contributed by atoms with Crippen molar-refractivity contribution in [1.82, 2.24) is 19.9 Å². The molecule has 1 saturated heterocycles. The minimum Gasteiger partial charge on any atom is -0.479 e. The first-order valence-electron chi connectivity index (χ1n) is 7.28. The van der Waals surface area contributed by atoms with Crippen LogP contribution >= 0.6 is 11.6 Å². The van der Waals surface area contributed by atoms with Crippen molar-refractivity contribution in [2.24, 2.45) is 0 Å². The number of carbonyl (C=O) groups is 1. The van der Waals surface area contributed by atoms with E-state index in [4.69, 9.17) is 21.1 Å². The van der Waals surface area contributed by atoms with Crippen molar-refractivity contribution in [3.05, 3.63) is 40.5 Å². The summed E-state index contributed by atoms with van der Waals surface area (Å²) < 4.78 is 12.2. The fourth-order valence-corrected chi connectivity index (χ4v) is 2.64. The topological polar surface area (TPSA) is 69.5 Å². The maximum Gasteiger partial charge on any atom is 0.280 e. The number of methoxy groups -OCH3 is 1. The number of aromatic nitrogens is 3. The molecule has 3 rings (SSSR count). The van der Waals surface area contributed by atoms with E-state index in [-0.39, 0.29) is 11.6 Å². The van der Waals surface area contributed by atoms with E-state index in [0.29, 0.717) is 43.8 Å². The van der Waals surface area contributed by atoms with Crippen molar-refractivity contribution in [3.63, 3.8) is 0 Å². The largest absolute Gasteiger partial charge is 0.479 e. The molecule has 2 heterocycles. The molecule has 1 aliphatic heterocycles. The summed E-state index contributed by atoms with van der Waals surface area (Å²) >= 11 is 6.17. The second kappa shape index (κ2) is 6.97. The van der Waals surface area contributed by atoms with Crippen molar-refractivity contribution in [2.45, 2.75) is 6.54 Å². The van der Waals surface area contributed by atoms with E-state index >= 15 is 0 Å². The zero-order valence-electron chi connectivity index (χ0n) is 12.7. The van der Waals surface area contributed by atoms with Gasteiger partial charge in [-0.25, -0.2) is 4.68 Å². The highest BCUT2D eigenvalue weighted by atomic mass is 35.5. The van der Waals surface area contributed by atoms with Crippen LogP contribution in [-0.4, -0.2) is 59.2 Å². The van der Waals surface area contributed by atoms with E-state index in [0.717, 1.165) is 5.56 Å². The molecule has 0 spiro atoms. The smallest absolute Gasteiger partial charge is 0.280 e. The molecule has 1 fully saturated rings. The van der Waals surface area contributed by atoms with Crippen molar-refractivity contribution in [3.8, 4) is 5.88 Å². The summed E-state index contributed by atoms with van der Waals surface area (Å²) in [4.78, 5) is 14.3. The third kappa shape index (κ3) is 3.30. The second-order valence-corrected chi connectivity index (χ2v) is 5.51. The number of carbonyl (C=O) groups excluding carboxylic acids is 1. The summed E-state index contributed by atoms with van der Waals surface area (Å²) in [5.41, 5.74) is 1.09. The van der Waals surface area contributed by atoms with E-state index in [2.05, 4.69) is 10.3 Å². The van der Waals surface area contributed by atoms with Gasteiger partial charge in [-0.15, -0.1) is 5.10 Å². The first kappa shape index (κ1) is 15.8. The lowest BCUT2D eigenvalue weighted by atomic mass is 10.2. The lowest BCUT2D eigenvalue weighted by molar-refractivity contribution is 0.0296. The normalized spacial score (nSPS) is 14.8. The van der Waals surface area contributed by atoms with Gasteiger partial charge in [0.25, 0.3) is 5.91 Å². The van der Waals surface area contributed by atoms with E-state index in [9.17, 15) is 4.79 Å². The molecular weight excluding hydrogens is 320 g/mol. The van der Waals surface area contributed by atoms with Crippen LogP contribution in [0.15, 0.2) is 24.3 Å². The number of nitrogens with zero attached hydrogens (tertiary/aromatic N) is 4. The van der Waals surface area contributed by atoms with Crippen LogP contribution in [0.1, 0.15) is 16.1 Å². The van der Waals surface area contributed by atoms with Gasteiger partial charge in [0.15, 0.2) is 0 Å². The minimum atomic E-state index is -0.199. The standard InChI is InChI=1S/C15H17ClN4O3/c1-22-15-13(14(21)19-6-8-23-9-7-19)17-18-20(15)10-11-4-2-3-5-12(11)16/h2-5H,6-10H2,1H3. The molecule has 1 aromatic heterocycles. The van der Waals surface area contributed by atoms with Gasteiger partial charge in [-0.1, -0.05) is 35.0 Å². The van der Waals surface area contributed by atoms with E-state index in [1.165, 1.54) is 11.8 Å².